The normalized spacial score (nSPS) is 11.2. The van der Waals surface area contributed by atoms with Gasteiger partial charge in [-0.05, 0) is 83.1 Å². The van der Waals surface area contributed by atoms with Gasteiger partial charge >= 0.3 is 0 Å². The average molecular weight is 585 g/mol. The predicted molar refractivity (Wildman–Crippen MR) is 136 cm³/mol. The molecule has 0 unspecified atom stereocenters. The Morgan fingerprint density at radius 1 is 1.03 bits per heavy atom. The van der Waals surface area contributed by atoms with Crippen molar-refractivity contribution in [2.45, 2.75) is 13.5 Å². The van der Waals surface area contributed by atoms with Crippen LogP contribution < -0.4 is 9.47 Å². The number of hydrogen-bond acceptors (Lipinski definition) is 3. The highest BCUT2D eigenvalue weighted by atomic mass is 127. The number of allylic oxidation sites excluding steroid dienone is 1. The number of rotatable bonds is 7. The molecule has 3 rings (SSSR count). The van der Waals surface area contributed by atoms with Gasteiger partial charge in [0.1, 0.15) is 6.61 Å². The number of nitriles is 1. The Bertz CT molecular complexity index is 1170. The fourth-order valence-electron chi connectivity index (χ4n) is 2.87. The third kappa shape index (κ3) is 6.30. The molecular weight excluding hydrogens is 568 g/mol. The van der Waals surface area contributed by atoms with Crippen LogP contribution in [-0.2, 0) is 6.61 Å². The summed E-state index contributed by atoms with van der Waals surface area (Å²) in [7, 11) is 0. The molecule has 0 amide bonds. The van der Waals surface area contributed by atoms with Crippen LogP contribution in [-0.4, -0.2) is 6.61 Å². The minimum atomic E-state index is 0.271. The molecule has 0 aliphatic carbocycles. The van der Waals surface area contributed by atoms with E-state index in [0.717, 1.165) is 20.3 Å². The van der Waals surface area contributed by atoms with Gasteiger partial charge in [-0.3, -0.25) is 0 Å². The molecule has 0 aliphatic rings. The molecule has 0 atom stereocenters. The maximum Gasteiger partial charge on any atom is 0.175 e. The van der Waals surface area contributed by atoms with E-state index >= 15 is 0 Å². The van der Waals surface area contributed by atoms with E-state index in [0.29, 0.717) is 38.7 Å². The minimum Gasteiger partial charge on any atom is -0.490 e. The summed E-state index contributed by atoms with van der Waals surface area (Å²) in [6.07, 6.45) is 1.80. The molecular formula is C24H17Cl3INO2. The molecule has 0 aromatic heterocycles. The van der Waals surface area contributed by atoms with E-state index < -0.39 is 0 Å². The van der Waals surface area contributed by atoms with Gasteiger partial charge in [-0.1, -0.05) is 53.0 Å². The highest BCUT2D eigenvalue weighted by molar-refractivity contribution is 14.1. The van der Waals surface area contributed by atoms with Gasteiger partial charge in [0.2, 0.25) is 0 Å². The molecule has 0 saturated carbocycles. The van der Waals surface area contributed by atoms with E-state index in [2.05, 4.69) is 28.7 Å². The van der Waals surface area contributed by atoms with Crippen molar-refractivity contribution in [1.82, 2.24) is 0 Å². The average Bonchev–Trinajstić information content (AvgIpc) is 2.73. The summed E-state index contributed by atoms with van der Waals surface area (Å²) in [4.78, 5) is 0. The largest absolute Gasteiger partial charge is 0.490 e. The fourth-order valence-corrected chi connectivity index (χ4v) is 4.30. The van der Waals surface area contributed by atoms with Gasteiger partial charge in [0, 0.05) is 20.6 Å². The van der Waals surface area contributed by atoms with Crippen LogP contribution in [0.1, 0.15) is 23.6 Å². The highest BCUT2D eigenvalue weighted by Gasteiger charge is 2.14. The Labute approximate surface area is 210 Å². The Kier molecular flexibility index (Phi) is 8.50. The number of ether oxygens (including phenoxy) is 2. The van der Waals surface area contributed by atoms with E-state index in [1.807, 2.05) is 37.3 Å². The fraction of sp³-hybridized carbons (Fsp3) is 0.125. The van der Waals surface area contributed by atoms with Gasteiger partial charge in [-0.15, -0.1) is 0 Å². The standard InChI is InChI=1S/C24H17Cl3INO2/c1-2-30-23-10-15(8-18(13-29)16-4-3-5-19(25)11-16)9-22(28)24(23)31-14-17-6-7-20(26)12-21(17)27/h3-12H,2,14H2,1H3/b18-8-. The van der Waals surface area contributed by atoms with Crippen molar-refractivity contribution in [1.29, 1.82) is 5.26 Å². The van der Waals surface area contributed by atoms with Crippen molar-refractivity contribution < 1.29 is 9.47 Å². The lowest BCUT2D eigenvalue weighted by molar-refractivity contribution is 0.267. The molecule has 0 fully saturated rings. The van der Waals surface area contributed by atoms with Crippen molar-refractivity contribution in [3.8, 4) is 17.6 Å². The minimum absolute atomic E-state index is 0.271. The molecule has 0 bridgehead atoms. The second-order valence-corrected chi connectivity index (χ2v) is 8.91. The van der Waals surface area contributed by atoms with Crippen molar-refractivity contribution in [3.63, 3.8) is 0 Å². The zero-order valence-corrected chi connectivity index (χ0v) is 20.9. The van der Waals surface area contributed by atoms with Crippen LogP contribution in [0.15, 0.2) is 54.6 Å². The van der Waals surface area contributed by atoms with Gasteiger partial charge < -0.3 is 9.47 Å². The number of hydrogen-bond donors (Lipinski definition) is 0. The third-order valence-electron chi connectivity index (χ3n) is 4.29. The molecule has 3 aromatic carbocycles. The van der Waals surface area contributed by atoms with Crippen LogP contribution in [0.4, 0.5) is 0 Å². The van der Waals surface area contributed by atoms with Gasteiger partial charge in [-0.25, -0.2) is 0 Å². The summed E-state index contributed by atoms with van der Waals surface area (Å²) in [6.45, 7) is 2.65. The number of benzene rings is 3. The van der Waals surface area contributed by atoms with Gasteiger partial charge in [0.15, 0.2) is 11.5 Å². The van der Waals surface area contributed by atoms with Crippen LogP contribution in [0.3, 0.4) is 0 Å². The maximum absolute atomic E-state index is 9.64. The molecule has 0 spiro atoms. The monoisotopic (exact) mass is 583 g/mol. The highest BCUT2D eigenvalue weighted by Crippen LogP contribution is 2.36. The zero-order valence-electron chi connectivity index (χ0n) is 16.5. The quantitative estimate of drug-likeness (QED) is 0.159. The summed E-state index contributed by atoms with van der Waals surface area (Å²) in [6, 6.07) is 18.5. The van der Waals surface area contributed by atoms with Gasteiger partial charge in [-0.2, -0.15) is 5.26 Å². The first-order chi connectivity index (χ1) is 14.9. The first-order valence-electron chi connectivity index (χ1n) is 9.32. The van der Waals surface area contributed by atoms with E-state index in [-0.39, 0.29) is 6.61 Å². The molecule has 0 heterocycles. The second-order valence-electron chi connectivity index (χ2n) is 6.47. The lowest BCUT2D eigenvalue weighted by Gasteiger charge is -2.15. The Morgan fingerprint density at radius 2 is 1.81 bits per heavy atom. The van der Waals surface area contributed by atoms with E-state index in [9.17, 15) is 5.26 Å². The SMILES string of the molecule is CCOc1cc(/C=C(/C#N)c2cccc(Cl)c2)cc(I)c1OCc1ccc(Cl)cc1Cl. The molecule has 0 aliphatic heterocycles. The van der Waals surface area contributed by atoms with Gasteiger partial charge in [0.25, 0.3) is 0 Å². The molecule has 3 nitrogen and oxygen atoms in total. The Balaban J connectivity index is 1.93. The zero-order chi connectivity index (χ0) is 22.4. The lowest BCUT2D eigenvalue weighted by Crippen LogP contribution is -2.02. The molecule has 0 radical (unpaired) electrons. The van der Waals surface area contributed by atoms with Crippen LogP contribution >= 0.6 is 57.4 Å². The van der Waals surface area contributed by atoms with Crippen LogP contribution in [0, 0.1) is 14.9 Å². The molecule has 31 heavy (non-hydrogen) atoms. The van der Waals surface area contributed by atoms with E-state index in [1.54, 1.807) is 30.3 Å². The maximum atomic E-state index is 9.64. The summed E-state index contributed by atoms with van der Waals surface area (Å²) in [5.41, 5.74) is 2.89. The van der Waals surface area contributed by atoms with Crippen LogP contribution in [0.5, 0.6) is 11.5 Å². The first-order valence-corrected chi connectivity index (χ1v) is 11.5. The Hall–Kier alpha value is -1.91. The Morgan fingerprint density at radius 3 is 2.48 bits per heavy atom. The van der Waals surface area contributed by atoms with Crippen LogP contribution in [0.2, 0.25) is 15.1 Å². The molecule has 0 N–H and O–H groups in total. The van der Waals surface area contributed by atoms with Crippen LogP contribution in [0.25, 0.3) is 11.6 Å². The van der Waals surface area contributed by atoms with Crippen molar-refractivity contribution in [2.75, 3.05) is 6.61 Å². The molecule has 158 valence electrons. The summed E-state index contributed by atoms with van der Waals surface area (Å²) in [5.74, 6) is 1.21. The topological polar surface area (TPSA) is 42.2 Å². The molecule has 0 saturated heterocycles. The van der Waals surface area contributed by atoms with Gasteiger partial charge in [0.05, 0.1) is 21.8 Å². The van der Waals surface area contributed by atoms with E-state index in [1.165, 1.54) is 0 Å². The molecule has 7 heteroatoms. The second kappa shape index (κ2) is 11.1. The number of nitrogens with zero attached hydrogens (tertiary/aromatic N) is 1. The number of halogens is 4. The summed E-state index contributed by atoms with van der Waals surface area (Å²) < 4.78 is 12.7. The van der Waals surface area contributed by atoms with Crippen molar-refractivity contribution in [2.24, 2.45) is 0 Å². The van der Waals surface area contributed by atoms with E-state index in [4.69, 9.17) is 44.3 Å². The smallest absolute Gasteiger partial charge is 0.175 e. The predicted octanol–water partition coefficient (Wildman–Crippen LogP) is 8.29. The first kappa shape index (κ1) is 23.7. The summed E-state index contributed by atoms with van der Waals surface area (Å²) in [5, 5.41) is 11.3. The summed E-state index contributed by atoms with van der Waals surface area (Å²) >= 11 is 20.5. The molecule has 3 aromatic rings. The lowest BCUT2D eigenvalue weighted by atomic mass is 10.0. The van der Waals surface area contributed by atoms with Crippen molar-refractivity contribution >= 4 is 69.0 Å². The van der Waals surface area contributed by atoms with Crippen molar-refractivity contribution in [3.05, 3.63) is 89.9 Å². The third-order valence-corrected chi connectivity index (χ3v) is 5.91.